The van der Waals surface area contributed by atoms with Crippen molar-refractivity contribution in [3.05, 3.63) is 0 Å². The van der Waals surface area contributed by atoms with Crippen LogP contribution >= 0.6 is 0 Å². The molecule has 2 fully saturated rings. The van der Waals surface area contributed by atoms with Crippen molar-refractivity contribution in [2.75, 3.05) is 40.0 Å². The summed E-state index contributed by atoms with van der Waals surface area (Å²) in [5, 5.41) is 6.85. The van der Waals surface area contributed by atoms with E-state index in [1.54, 1.807) is 0 Å². The van der Waals surface area contributed by atoms with E-state index >= 15 is 0 Å². The SMILES string of the molecule is CN=C(NCCCOCC1CCCO1)NCC1CCCC(C)C1. The van der Waals surface area contributed by atoms with Gasteiger partial charge in [0, 0.05) is 33.4 Å². The Labute approximate surface area is 141 Å². The van der Waals surface area contributed by atoms with Gasteiger partial charge < -0.3 is 20.1 Å². The van der Waals surface area contributed by atoms with Crippen molar-refractivity contribution < 1.29 is 9.47 Å². The van der Waals surface area contributed by atoms with E-state index in [0.717, 1.165) is 63.5 Å². The van der Waals surface area contributed by atoms with E-state index in [2.05, 4.69) is 22.5 Å². The Bertz CT molecular complexity index is 343. The number of hydrogen-bond acceptors (Lipinski definition) is 3. The number of aliphatic imine (C=N–C) groups is 1. The standard InChI is InChI=1S/C18H35N3O2/c1-15-6-3-7-16(12-15)13-21-18(19-2)20-9-5-10-22-14-17-8-4-11-23-17/h15-17H,3-14H2,1-2H3,(H2,19,20,21). The first-order valence-corrected chi connectivity index (χ1v) is 9.41. The summed E-state index contributed by atoms with van der Waals surface area (Å²) >= 11 is 0. The Morgan fingerprint density at radius 1 is 1.22 bits per heavy atom. The molecule has 2 N–H and O–H groups in total. The summed E-state index contributed by atoms with van der Waals surface area (Å²) in [5.41, 5.74) is 0. The molecule has 23 heavy (non-hydrogen) atoms. The Morgan fingerprint density at radius 2 is 2.13 bits per heavy atom. The molecule has 3 atom stereocenters. The maximum absolute atomic E-state index is 5.67. The lowest BCUT2D eigenvalue weighted by atomic mass is 9.82. The van der Waals surface area contributed by atoms with Crippen molar-refractivity contribution in [2.24, 2.45) is 16.8 Å². The normalized spacial score (nSPS) is 28.8. The molecule has 1 saturated carbocycles. The van der Waals surface area contributed by atoms with Gasteiger partial charge in [0.1, 0.15) is 0 Å². The number of ether oxygens (including phenoxy) is 2. The van der Waals surface area contributed by atoms with Crippen LogP contribution in [-0.4, -0.2) is 52.0 Å². The molecule has 5 nitrogen and oxygen atoms in total. The van der Waals surface area contributed by atoms with Gasteiger partial charge in [-0.25, -0.2) is 0 Å². The highest BCUT2D eigenvalue weighted by molar-refractivity contribution is 5.79. The third kappa shape index (κ3) is 7.53. The summed E-state index contributed by atoms with van der Waals surface area (Å²) in [6.07, 6.45) is 9.12. The summed E-state index contributed by atoms with van der Waals surface area (Å²) in [7, 11) is 1.84. The molecule has 1 saturated heterocycles. The minimum Gasteiger partial charge on any atom is -0.379 e. The summed E-state index contributed by atoms with van der Waals surface area (Å²) in [6, 6.07) is 0. The van der Waals surface area contributed by atoms with E-state index in [0.29, 0.717) is 6.10 Å². The zero-order valence-corrected chi connectivity index (χ0v) is 15.0. The van der Waals surface area contributed by atoms with Gasteiger partial charge in [0.25, 0.3) is 0 Å². The molecule has 2 aliphatic rings. The molecule has 3 unspecified atom stereocenters. The first-order chi connectivity index (χ1) is 11.3. The van der Waals surface area contributed by atoms with Crippen molar-refractivity contribution in [2.45, 2.75) is 58.0 Å². The quantitative estimate of drug-likeness (QED) is 0.409. The number of nitrogens with zero attached hydrogens (tertiary/aromatic N) is 1. The second-order valence-electron chi connectivity index (χ2n) is 7.08. The molecule has 1 aliphatic carbocycles. The van der Waals surface area contributed by atoms with E-state index in [1.807, 2.05) is 7.05 Å². The molecule has 5 heteroatoms. The molecule has 0 radical (unpaired) electrons. The van der Waals surface area contributed by atoms with Gasteiger partial charge in [-0.2, -0.15) is 0 Å². The predicted octanol–water partition coefficient (Wildman–Crippen LogP) is 2.56. The predicted molar refractivity (Wildman–Crippen MR) is 94.9 cm³/mol. The van der Waals surface area contributed by atoms with Gasteiger partial charge in [-0.05, 0) is 43.9 Å². The smallest absolute Gasteiger partial charge is 0.190 e. The van der Waals surface area contributed by atoms with Gasteiger partial charge in [-0.15, -0.1) is 0 Å². The van der Waals surface area contributed by atoms with Crippen LogP contribution in [0.2, 0.25) is 0 Å². The molecular weight excluding hydrogens is 290 g/mol. The minimum atomic E-state index is 0.329. The zero-order chi connectivity index (χ0) is 16.3. The molecule has 0 bridgehead atoms. The summed E-state index contributed by atoms with van der Waals surface area (Å²) in [6.45, 7) is 6.73. The van der Waals surface area contributed by atoms with Crippen LogP contribution in [0.5, 0.6) is 0 Å². The highest BCUT2D eigenvalue weighted by Gasteiger charge is 2.18. The molecule has 1 aliphatic heterocycles. The Kier molecular flexibility index (Phi) is 8.76. The molecule has 1 heterocycles. The van der Waals surface area contributed by atoms with Gasteiger partial charge in [0.05, 0.1) is 12.7 Å². The molecule has 134 valence electrons. The fourth-order valence-corrected chi connectivity index (χ4v) is 3.58. The zero-order valence-electron chi connectivity index (χ0n) is 15.0. The van der Waals surface area contributed by atoms with E-state index in [9.17, 15) is 0 Å². The summed E-state index contributed by atoms with van der Waals surface area (Å²) < 4.78 is 11.2. The van der Waals surface area contributed by atoms with Crippen LogP contribution in [0.1, 0.15) is 51.9 Å². The fraction of sp³-hybridized carbons (Fsp3) is 0.944. The Balaban J connectivity index is 1.47. The molecule has 0 spiro atoms. The summed E-state index contributed by atoms with van der Waals surface area (Å²) in [5.74, 6) is 2.60. The van der Waals surface area contributed by atoms with Crippen LogP contribution in [-0.2, 0) is 9.47 Å². The molecule has 0 aromatic carbocycles. The number of rotatable bonds is 8. The average Bonchev–Trinajstić information content (AvgIpc) is 3.07. The highest BCUT2D eigenvalue weighted by Crippen LogP contribution is 2.27. The van der Waals surface area contributed by atoms with Crippen molar-refractivity contribution in [3.63, 3.8) is 0 Å². The van der Waals surface area contributed by atoms with Crippen LogP contribution in [0.15, 0.2) is 4.99 Å². The van der Waals surface area contributed by atoms with Crippen LogP contribution < -0.4 is 10.6 Å². The average molecular weight is 325 g/mol. The number of guanidine groups is 1. The molecule has 2 rings (SSSR count). The molecule has 0 aromatic heterocycles. The van der Waals surface area contributed by atoms with E-state index in [1.165, 1.54) is 32.1 Å². The maximum Gasteiger partial charge on any atom is 0.190 e. The number of nitrogens with one attached hydrogen (secondary N) is 2. The van der Waals surface area contributed by atoms with E-state index in [4.69, 9.17) is 9.47 Å². The van der Waals surface area contributed by atoms with Gasteiger partial charge in [0.15, 0.2) is 5.96 Å². The fourth-order valence-electron chi connectivity index (χ4n) is 3.58. The van der Waals surface area contributed by atoms with Crippen LogP contribution in [0.25, 0.3) is 0 Å². The largest absolute Gasteiger partial charge is 0.379 e. The highest BCUT2D eigenvalue weighted by atomic mass is 16.5. The number of hydrogen-bond donors (Lipinski definition) is 2. The van der Waals surface area contributed by atoms with E-state index < -0.39 is 0 Å². The Hall–Kier alpha value is -0.810. The lowest BCUT2D eigenvalue weighted by Gasteiger charge is -2.27. The lowest BCUT2D eigenvalue weighted by molar-refractivity contribution is 0.0168. The third-order valence-corrected chi connectivity index (χ3v) is 4.91. The van der Waals surface area contributed by atoms with Crippen molar-refractivity contribution in [1.29, 1.82) is 0 Å². The molecule has 0 aromatic rings. The second-order valence-corrected chi connectivity index (χ2v) is 7.08. The lowest BCUT2D eigenvalue weighted by Crippen LogP contribution is -2.41. The topological polar surface area (TPSA) is 54.9 Å². The minimum absolute atomic E-state index is 0.329. The summed E-state index contributed by atoms with van der Waals surface area (Å²) in [4.78, 5) is 4.31. The Morgan fingerprint density at radius 3 is 2.87 bits per heavy atom. The van der Waals surface area contributed by atoms with Gasteiger partial charge in [0.2, 0.25) is 0 Å². The van der Waals surface area contributed by atoms with Crippen LogP contribution in [0, 0.1) is 11.8 Å². The van der Waals surface area contributed by atoms with Gasteiger partial charge in [-0.1, -0.05) is 19.8 Å². The van der Waals surface area contributed by atoms with Gasteiger partial charge >= 0.3 is 0 Å². The molecular formula is C18H35N3O2. The van der Waals surface area contributed by atoms with Crippen molar-refractivity contribution >= 4 is 5.96 Å². The maximum atomic E-state index is 5.67. The van der Waals surface area contributed by atoms with E-state index in [-0.39, 0.29) is 0 Å². The van der Waals surface area contributed by atoms with Crippen molar-refractivity contribution in [1.82, 2.24) is 10.6 Å². The first-order valence-electron chi connectivity index (χ1n) is 9.41. The van der Waals surface area contributed by atoms with Crippen LogP contribution in [0.4, 0.5) is 0 Å². The monoisotopic (exact) mass is 325 g/mol. The first kappa shape index (κ1) is 18.5. The van der Waals surface area contributed by atoms with Crippen LogP contribution in [0.3, 0.4) is 0 Å². The third-order valence-electron chi connectivity index (χ3n) is 4.91. The van der Waals surface area contributed by atoms with Gasteiger partial charge in [-0.3, -0.25) is 4.99 Å². The molecule has 0 amide bonds. The van der Waals surface area contributed by atoms with Crippen molar-refractivity contribution in [3.8, 4) is 0 Å². The second kappa shape index (κ2) is 10.9.